The second-order valence-corrected chi connectivity index (χ2v) is 11.2. The lowest BCUT2D eigenvalue weighted by atomic mass is 9.85. The molecule has 0 radical (unpaired) electrons. The highest BCUT2D eigenvalue weighted by atomic mass is 16.5. The van der Waals surface area contributed by atoms with Crippen LogP contribution in [0.25, 0.3) is 0 Å². The monoisotopic (exact) mass is 589 g/mol. The zero-order valence-electron chi connectivity index (χ0n) is 25.5. The van der Waals surface area contributed by atoms with E-state index >= 15 is 0 Å². The third kappa shape index (κ3) is 8.55. The van der Waals surface area contributed by atoms with Crippen molar-refractivity contribution in [3.05, 3.63) is 94.3 Å². The van der Waals surface area contributed by atoms with Crippen molar-refractivity contribution >= 4 is 17.8 Å². The van der Waals surface area contributed by atoms with Crippen molar-refractivity contribution in [2.75, 3.05) is 19.7 Å². The molecule has 230 valence electrons. The summed E-state index contributed by atoms with van der Waals surface area (Å²) >= 11 is 0. The number of rotatable bonds is 14. The summed E-state index contributed by atoms with van der Waals surface area (Å²) in [5.41, 5.74) is 3.52. The molecule has 0 saturated heterocycles. The molecule has 1 amide bonds. The summed E-state index contributed by atoms with van der Waals surface area (Å²) in [5, 5.41) is 17.6. The quantitative estimate of drug-likeness (QED) is 0.286. The van der Waals surface area contributed by atoms with Crippen molar-refractivity contribution in [2.45, 2.75) is 71.8 Å². The van der Waals surface area contributed by atoms with E-state index in [0.29, 0.717) is 41.5 Å². The molecule has 1 heterocycles. The number of hydrogen-bond donors (Lipinski definition) is 3. The zero-order chi connectivity index (χ0) is 30.9. The maximum Gasteiger partial charge on any atom is 0.336 e. The summed E-state index contributed by atoms with van der Waals surface area (Å²) < 4.78 is 10.9. The summed E-state index contributed by atoms with van der Waals surface area (Å²) in [6.45, 7) is 7.50. The van der Waals surface area contributed by atoms with Crippen LogP contribution in [-0.2, 0) is 36.9 Å². The van der Waals surface area contributed by atoms with Crippen molar-refractivity contribution in [1.82, 2.24) is 15.5 Å². The zero-order valence-corrected chi connectivity index (χ0v) is 25.5. The predicted octanol–water partition coefficient (Wildman–Crippen LogP) is 3.63. The van der Waals surface area contributed by atoms with Gasteiger partial charge < -0.3 is 30.1 Å². The van der Waals surface area contributed by atoms with Crippen molar-refractivity contribution in [1.29, 1.82) is 0 Å². The molecule has 3 N–H and O–H groups in total. The van der Waals surface area contributed by atoms with Crippen molar-refractivity contribution in [3.8, 4) is 0 Å². The molecule has 1 fully saturated rings. The first-order valence-corrected chi connectivity index (χ1v) is 15.0. The molecule has 9 nitrogen and oxygen atoms in total. The first kappa shape index (κ1) is 32.0. The number of nitrogens with zero attached hydrogens (tertiary/aromatic N) is 1. The Morgan fingerprint density at radius 3 is 2.14 bits per heavy atom. The lowest BCUT2D eigenvalue weighted by Gasteiger charge is -2.37. The van der Waals surface area contributed by atoms with Gasteiger partial charge in [-0.05, 0) is 51.2 Å². The van der Waals surface area contributed by atoms with Crippen LogP contribution in [0.5, 0.6) is 0 Å². The van der Waals surface area contributed by atoms with Crippen molar-refractivity contribution in [2.24, 2.45) is 5.92 Å². The summed E-state index contributed by atoms with van der Waals surface area (Å²) in [6, 6.07) is 18.9. The van der Waals surface area contributed by atoms with Gasteiger partial charge in [-0.2, -0.15) is 0 Å². The molecular weight excluding hydrogens is 546 g/mol. The van der Waals surface area contributed by atoms with Crippen LogP contribution in [-0.4, -0.2) is 65.7 Å². The Kier molecular flexibility index (Phi) is 11.1. The minimum absolute atomic E-state index is 0.0740. The minimum Gasteiger partial charge on any atom is -0.465 e. The standard InChI is InChI=1S/C34H43N3O6/c1-5-42-30(39)20-37-23(3)31(22(2)32(24(37)4)34(41)43-21-26-14-10-7-11-15-26)33(40)36-28(18-25-12-8-6-9-13-25)29(38)19-35-27-16-17-27/h6-15,22,27-29,35,38H,5,16-21H2,1-4H3,(H,36,40)/t22?,28-,29+/m0/s1. The van der Waals surface area contributed by atoms with Crippen LogP contribution in [0.3, 0.4) is 0 Å². The van der Waals surface area contributed by atoms with Gasteiger partial charge in [0.2, 0.25) is 5.91 Å². The SMILES string of the molecule is CCOC(=O)CN1C(C)=C(C(=O)N[C@@H](Cc2ccccc2)[C@H](O)CNC2CC2)C(C)C(C(=O)OCc2ccccc2)=C1C. The van der Waals surface area contributed by atoms with Gasteiger partial charge in [-0.15, -0.1) is 0 Å². The van der Waals surface area contributed by atoms with Gasteiger partial charge in [0.25, 0.3) is 0 Å². The summed E-state index contributed by atoms with van der Waals surface area (Å²) in [6.07, 6.45) is 1.75. The first-order chi connectivity index (χ1) is 20.7. The summed E-state index contributed by atoms with van der Waals surface area (Å²) in [5.74, 6) is -2.07. The molecule has 43 heavy (non-hydrogen) atoms. The lowest BCUT2D eigenvalue weighted by molar-refractivity contribution is -0.144. The molecule has 1 aliphatic heterocycles. The molecule has 2 aliphatic rings. The van der Waals surface area contributed by atoms with Gasteiger partial charge in [-0.3, -0.25) is 9.59 Å². The van der Waals surface area contributed by atoms with Crippen LogP contribution in [0, 0.1) is 5.92 Å². The molecule has 2 aromatic rings. The Labute approximate surface area is 253 Å². The number of hydrogen-bond acceptors (Lipinski definition) is 8. The molecule has 9 heteroatoms. The normalized spacial score (nSPS) is 18.3. The minimum atomic E-state index is -0.840. The fourth-order valence-electron chi connectivity index (χ4n) is 5.49. The first-order valence-electron chi connectivity index (χ1n) is 15.0. The molecule has 1 aliphatic carbocycles. The molecule has 1 unspecified atom stereocenters. The van der Waals surface area contributed by atoms with Gasteiger partial charge in [0, 0.05) is 35.5 Å². The fourth-order valence-corrected chi connectivity index (χ4v) is 5.49. The Morgan fingerprint density at radius 1 is 0.930 bits per heavy atom. The van der Waals surface area contributed by atoms with E-state index < -0.39 is 35.9 Å². The number of nitrogens with one attached hydrogen (secondary N) is 2. The number of carbonyl (C=O) groups is 3. The third-order valence-electron chi connectivity index (χ3n) is 8.00. The van der Waals surface area contributed by atoms with Gasteiger partial charge >= 0.3 is 11.9 Å². The average molecular weight is 590 g/mol. The summed E-state index contributed by atoms with van der Waals surface area (Å²) in [4.78, 5) is 41.8. The highest BCUT2D eigenvalue weighted by Crippen LogP contribution is 2.36. The van der Waals surface area contributed by atoms with E-state index in [2.05, 4.69) is 10.6 Å². The van der Waals surface area contributed by atoms with E-state index in [1.165, 1.54) is 0 Å². The van der Waals surface area contributed by atoms with E-state index in [0.717, 1.165) is 24.0 Å². The molecule has 0 spiro atoms. The second-order valence-electron chi connectivity index (χ2n) is 11.2. The van der Waals surface area contributed by atoms with E-state index in [4.69, 9.17) is 9.47 Å². The number of esters is 2. The number of benzene rings is 2. The molecule has 0 aromatic heterocycles. The van der Waals surface area contributed by atoms with Crippen LogP contribution < -0.4 is 10.6 Å². The number of aliphatic hydroxyl groups is 1. The topological polar surface area (TPSA) is 117 Å². The van der Waals surface area contributed by atoms with Crippen LogP contribution in [0.15, 0.2) is 83.2 Å². The Hall–Kier alpha value is -3.95. The van der Waals surface area contributed by atoms with Gasteiger partial charge in [0.05, 0.1) is 24.3 Å². The maximum atomic E-state index is 14.1. The van der Waals surface area contributed by atoms with E-state index in [-0.39, 0.29) is 19.8 Å². The van der Waals surface area contributed by atoms with Crippen LogP contribution >= 0.6 is 0 Å². The van der Waals surface area contributed by atoms with Crippen molar-refractivity contribution in [3.63, 3.8) is 0 Å². The van der Waals surface area contributed by atoms with Crippen LogP contribution in [0.2, 0.25) is 0 Å². The van der Waals surface area contributed by atoms with E-state index in [1.807, 2.05) is 60.7 Å². The molecule has 3 atom stereocenters. The third-order valence-corrected chi connectivity index (χ3v) is 8.00. The van der Waals surface area contributed by atoms with Crippen molar-refractivity contribution < 1.29 is 29.0 Å². The van der Waals surface area contributed by atoms with Gasteiger partial charge in [0.1, 0.15) is 13.2 Å². The van der Waals surface area contributed by atoms with Gasteiger partial charge in [0.15, 0.2) is 0 Å². The van der Waals surface area contributed by atoms with Crippen LogP contribution in [0.4, 0.5) is 0 Å². The Balaban J connectivity index is 1.61. The number of allylic oxidation sites excluding steroid dienone is 2. The molecule has 0 bridgehead atoms. The predicted molar refractivity (Wildman–Crippen MR) is 163 cm³/mol. The number of ether oxygens (including phenoxy) is 2. The van der Waals surface area contributed by atoms with Crippen LogP contribution in [0.1, 0.15) is 51.7 Å². The Morgan fingerprint density at radius 2 is 1.53 bits per heavy atom. The molecule has 2 aromatic carbocycles. The summed E-state index contributed by atoms with van der Waals surface area (Å²) in [7, 11) is 0. The average Bonchev–Trinajstić information content (AvgIpc) is 3.83. The number of aliphatic hydroxyl groups excluding tert-OH is 1. The molecular formula is C34H43N3O6. The Bertz CT molecular complexity index is 1340. The van der Waals surface area contributed by atoms with Gasteiger partial charge in [-0.1, -0.05) is 67.6 Å². The van der Waals surface area contributed by atoms with Gasteiger partial charge in [-0.25, -0.2) is 4.79 Å². The smallest absolute Gasteiger partial charge is 0.336 e. The van der Waals surface area contributed by atoms with E-state index in [1.54, 1.807) is 32.6 Å². The highest BCUT2D eigenvalue weighted by Gasteiger charge is 2.38. The fraction of sp³-hybridized carbons (Fsp3) is 0.441. The number of carbonyl (C=O) groups excluding carboxylic acids is 3. The maximum absolute atomic E-state index is 14.1. The second kappa shape index (κ2) is 15.0. The van der Waals surface area contributed by atoms with E-state index in [9.17, 15) is 19.5 Å². The number of amides is 1. The molecule has 4 rings (SSSR count). The molecule has 1 saturated carbocycles. The highest BCUT2D eigenvalue weighted by molar-refractivity contribution is 6.00. The largest absolute Gasteiger partial charge is 0.465 e. The lowest BCUT2D eigenvalue weighted by Crippen LogP contribution is -2.50.